The van der Waals surface area contributed by atoms with Crippen molar-refractivity contribution in [3.05, 3.63) is 83.4 Å². The Hall–Kier alpha value is -3.47. The first-order valence-corrected chi connectivity index (χ1v) is 9.01. The van der Waals surface area contributed by atoms with Gasteiger partial charge < -0.3 is 19.3 Å². The molecule has 5 heteroatoms. The van der Waals surface area contributed by atoms with Crippen molar-refractivity contribution in [2.75, 3.05) is 0 Å². The van der Waals surface area contributed by atoms with Gasteiger partial charge in [-0.2, -0.15) is 0 Å². The van der Waals surface area contributed by atoms with Crippen molar-refractivity contribution in [3.8, 4) is 23.0 Å². The second-order valence-electron chi connectivity index (χ2n) is 6.78. The quantitative estimate of drug-likeness (QED) is 0.689. The molecule has 1 N–H and O–H groups in total. The van der Waals surface area contributed by atoms with Gasteiger partial charge in [-0.05, 0) is 66.9 Å². The number of para-hydroxylation sites is 2. The molecule has 1 aliphatic rings. The number of benzene rings is 3. The van der Waals surface area contributed by atoms with Gasteiger partial charge in [0.05, 0.1) is 0 Å². The molecule has 0 aromatic heterocycles. The van der Waals surface area contributed by atoms with E-state index >= 15 is 0 Å². The van der Waals surface area contributed by atoms with Gasteiger partial charge in [0.1, 0.15) is 11.5 Å². The molecule has 0 saturated heterocycles. The number of rotatable bonds is 4. The van der Waals surface area contributed by atoms with Gasteiger partial charge in [0.2, 0.25) is 6.10 Å². The van der Waals surface area contributed by atoms with E-state index in [-0.39, 0.29) is 0 Å². The molecule has 4 rings (SSSR count). The molecule has 0 spiro atoms. The molecular formula is C23H20O5. The van der Waals surface area contributed by atoms with Gasteiger partial charge >= 0.3 is 5.97 Å². The lowest BCUT2D eigenvalue weighted by Crippen LogP contribution is -2.39. The third-order valence-corrected chi connectivity index (χ3v) is 4.80. The first-order valence-electron chi connectivity index (χ1n) is 9.01. The summed E-state index contributed by atoms with van der Waals surface area (Å²) in [5.74, 6) is 1.30. The fourth-order valence-electron chi connectivity index (χ4n) is 3.10. The summed E-state index contributed by atoms with van der Waals surface area (Å²) in [5, 5.41) is 9.56. The second kappa shape index (κ2) is 7.27. The van der Waals surface area contributed by atoms with Gasteiger partial charge in [-0.15, -0.1) is 0 Å². The van der Waals surface area contributed by atoms with Crippen molar-refractivity contribution in [1.82, 2.24) is 0 Å². The van der Waals surface area contributed by atoms with E-state index < -0.39 is 18.2 Å². The molecule has 28 heavy (non-hydrogen) atoms. The first kappa shape index (κ1) is 17.9. The fraction of sp³-hybridized carbons (Fsp3) is 0.174. The van der Waals surface area contributed by atoms with E-state index in [2.05, 4.69) is 6.92 Å². The second-order valence-corrected chi connectivity index (χ2v) is 6.78. The number of carboxylic acids is 1. The molecule has 2 unspecified atom stereocenters. The molecule has 0 amide bonds. The summed E-state index contributed by atoms with van der Waals surface area (Å²) in [6.45, 7) is 4.09. The lowest BCUT2D eigenvalue weighted by atomic mass is 10.0. The smallest absolute Gasteiger partial charge is 0.349 e. The van der Waals surface area contributed by atoms with Gasteiger partial charge in [0.25, 0.3) is 0 Å². The zero-order valence-corrected chi connectivity index (χ0v) is 15.6. The van der Waals surface area contributed by atoms with Crippen LogP contribution in [0.1, 0.15) is 22.8 Å². The van der Waals surface area contributed by atoms with Crippen LogP contribution in [0.2, 0.25) is 0 Å². The Kier molecular flexibility index (Phi) is 4.65. The third kappa shape index (κ3) is 3.51. The van der Waals surface area contributed by atoms with Crippen LogP contribution >= 0.6 is 0 Å². The SMILES string of the molecule is Cc1ccc(Oc2ccc(C3Oc4ccccc4OC3C(=O)O)cc2)cc1C. The first-order chi connectivity index (χ1) is 13.5. The lowest BCUT2D eigenvalue weighted by Gasteiger charge is -2.31. The van der Waals surface area contributed by atoms with Crippen molar-refractivity contribution in [3.63, 3.8) is 0 Å². The highest BCUT2D eigenvalue weighted by Gasteiger charge is 2.38. The van der Waals surface area contributed by atoms with Crippen LogP contribution < -0.4 is 14.2 Å². The molecule has 0 saturated carbocycles. The van der Waals surface area contributed by atoms with Crippen molar-refractivity contribution in [2.45, 2.75) is 26.1 Å². The Morgan fingerprint density at radius 1 is 0.857 bits per heavy atom. The minimum atomic E-state index is -1.12. The number of fused-ring (bicyclic) bond motifs is 1. The maximum absolute atomic E-state index is 11.7. The fourth-order valence-corrected chi connectivity index (χ4v) is 3.10. The van der Waals surface area contributed by atoms with Gasteiger partial charge in [0.15, 0.2) is 17.6 Å². The molecular weight excluding hydrogens is 356 g/mol. The molecule has 3 aromatic carbocycles. The molecule has 1 aliphatic heterocycles. The molecule has 5 nitrogen and oxygen atoms in total. The minimum Gasteiger partial charge on any atom is -0.478 e. The maximum Gasteiger partial charge on any atom is 0.349 e. The summed E-state index contributed by atoms with van der Waals surface area (Å²) >= 11 is 0. The monoisotopic (exact) mass is 376 g/mol. The predicted octanol–water partition coefficient (Wildman–Crippen LogP) is 5.06. The van der Waals surface area contributed by atoms with Crippen molar-refractivity contribution >= 4 is 5.97 Å². The van der Waals surface area contributed by atoms with Crippen molar-refractivity contribution in [1.29, 1.82) is 0 Å². The van der Waals surface area contributed by atoms with Gasteiger partial charge in [-0.25, -0.2) is 4.79 Å². The van der Waals surface area contributed by atoms with E-state index in [1.54, 1.807) is 42.5 Å². The number of hydrogen-bond acceptors (Lipinski definition) is 4. The normalized spacial score (nSPS) is 17.8. The summed E-state index contributed by atoms with van der Waals surface area (Å²) in [6.07, 6.45) is -1.87. The van der Waals surface area contributed by atoms with Gasteiger partial charge in [-0.3, -0.25) is 0 Å². The summed E-state index contributed by atoms with van der Waals surface area (Å²) in [6, 6.07) is 20.2. The molecule has 3 aromatic rings. The van der Waals surface area contributed by atoms with Crippen LogP contribution in [0.15, 0.2) is 66.7 Å². The van der Waals surface area contributed by atoms with Crippen LogP contribution in [-0.2, 0) is 4.79 Å². The average molecular weight is 376 g/mol. The Morgan fingerprint density at radius 3 is 2.14 bits per heavy atom. The molecule has 0 aliphatic carbocycles. The summed E-state index contributed by atoms with van der Waals surface area (Å²) < 4.78 is 17.5. The van der Waals surface area contributed by atoms with Crippen LogP contribution in [0.5, 0.6) is 23.0 Å². The van der Waals surface area contributed by atoms with Crippen LogP contribution in [0.25, 0.3) is 0 Å². The number of ether oxygens (including phenoxy) is 3. The van der Waals surface area contributed by atoms with E-state index in [9.17, 15) is 9.90 Å². The van der Waals surface area contributed by atoms with Crippen molar-refractivity contribution < 1.29 is 24.1 Å². The Bertz CT molecular complexity index is 1010. The van der Waals surface area contributed by atoms with E-state index in [4.69, 9.17) is 14.2 Å². The highest BCUT2D eigenvalue weighted by atomic mass is 16.6. The minimum absolute atomic E-state index is 0.431. The predicted molar refractivity (Wildman–Crippen MR) is 104 cm³/mol. The average Bonchev–Trinajstić information content (AvgIpc) is 2.70. The Morgan fingerprint density at radius 2 is 1.50 bits per heavy atom. The van der Waals surface area contributed by atoms with Gasteiger partial charge in [-0.1, -0.05) is 30.3 Å². The zero-order chi connectivity index (χ0) is 19.7. The Balaban J connectivity index is 1.57. The highest BCUT2D eigenvalue weighted by molar-refractivity contribution is 5.75. The highest BCUT2D eigenvalue weighted by Crippen LogP contribution is 2.39. The van der Waals surface area contributed by atoms with Gasteiger partial charge in [0, 0.05) is 0 Å². The summed E-state index contributed by atoms with van der Waals surface area (Å²) in [4.78, 5) is 11.7. The van der Waals surface area contributed by atoms with E-state index in [0.29, 0.717) is 22.8 Å². The largest absolute Gasteiger partial charge is 0.478 e. The van der Waals surface area contributed by atoms with E-state index in [1.165, 1.54) is 5.56 Å². The van der Waals surface area contributed by atoms with Crippen LogP contribution in [0.3, 0.4) is 0 Å². The molecule has 0 radical (unpaired) electrons. The number of hydrogen-bond donors (Lipinski definition) is 1. The molecule has 0 fully saturated rings. The number of carboxylic acid groups (broad SMARTS) is 1. The third-order valence-electron chi connectivity index (χ3n) is 4.80. The molecule has 1 heterocycles. The van der Waals surface area contributed by atoms with E-state index in [1.807, 2.05) is 31.2 Å². The summed E-state index contributed by atoms with van der Waals surface area (Å²) in [7, 11) is 0. The molecule has 2 atom stereocenters. The standard InChI is InChI=1S/C23H20O5/c1-14-7-10-18(13-15(14)2)26-17-11-8-16(9-12-17)21-22(23(24)25)28-20-6-4-3-5-19(20)27-21/h3-13,21-22H,1-2H3,(H,24,25). The molecule has 0 bridgehead atoms. The number of aliphatic carboxylic acids is 1. The molecule has 142 valence electrons. The van der Waals surface area contributed by atoms with E-state index in [0.717, 1.165) is 11.3 Å². The number of carbonyl (C=O) groups is 1. The zero-order valence-electron chi connectivity index (χ0n) is 15.6. The Labute approximate surface area is 163 Å². The number of aryl methyl sites for hydroxylation is 2. The van der Waals surface area contributed by atoms with Crippen LogP contribution in [0.4, 0.5) is 0 Å². The topological polar surface area (TPSA) is 65.0 Å². The lowest BCUT2D eigenvalue weighted by molar-refractivity contribution is -0.151. The maximum atomic E-state index is 11.7. The van der Waals surface area contributed by atoms with Crippen LogP contribution in [-0.4, -0.2) is 17.2 Å². The van der Waals surface area contributed by atoms with Crippen molar-refractivity contribution in [2.24, 2.45) is 0 Å². The summed E-state index contributed by atoms with van der Waals surface area (Å²) in [5.41, 5.74) is 3.07. The van der Waals surface area contributed by atoms with Crippen LogP contribution in [0, 0.1) is 13.8 Å².